The van der Waals surface area contributed by atoms with Crippen molar-refractivity contribution in [1.29, 1.82) is 0 Å². The standard InChI is InChI=1S/C23H29N3O4S/c1-17-14-20-15-21(8-9-22(20)26(17)18(2)27)31(28,29)24-16-23(19-6-4-3-5-7-19)25-10-12-30-13-11-25/h3-9,15,17,23-24H,10-14,16H2,1-2H3/t17-,23+/m1/s1. The van der Waals surface area contributed by atoms with Crippen molar-refractivity contribution in [2.24, 2.45) is 0 Å². The zero-order chi connectivity index (χ0) is 22.0. The molecule has 1 saturated heterocycles. The van der Waals surface area contributed by atoms with E-state index in [1.807, 2.05) is 37.3 Å². The number of hydrogen-bond donors (Lipinski definition) is 1. The highest BCUT2D eigenvalue weighted by molar-refractivity contribution is 7.89. The van der Waals surface area contributed by atoms with Crippen LogP contribution in [0.3, 0.4) is 0 Å². The Kier molecular flexibility index (Phi) is 6.43. The SMILES string of the molecule is CC(=O)N1c2ccc(S(=O)(=O)NC[C@@H](c3ccccc3)N3CCOCC3)cc2C[C@H]1C. The molecule has 2 atom stereocenters. The molecule has 1 fully saturated rings. The van der Waals surface area contributed by atoms with Gasteiger partial charge >= 0.3 is 0 Å². The molecule has 0 radical (unpaired) electrons. The minimum atomic E-state index is -3.69. The van der Waals surface area contributed by atoms with Gasteiger partial charge in [0, 0.05) is 44.3 Å². The lowest BCUT2D eigenvalue weighted by atomic mass is 10.1. The number of rotatable bonds is 6. The number of sulfonamides is 1. The number of hydrogen-bond acceptors (Lipinski definition) is 5. The molecule has 7 nitrogen and oxygen atoms in total. The summed E-state index contributed by atoms with van der Waals surface area (Å²) in [5.41, 5.74) is 2.76. The molecule has 0 bridgehead atoms. The van der Waals surface area contributed by atoms with Crippen LogP contribution in [0.4, 0.5) is 5.69 Å². The van der Waals surface area contributed by atoms with E-state index in [0.29, 0.717) is 19.6 Å². The van der Waals surface area contributed by atoms with Gasteiger partial charge in [-0.2, -0.15) is 0 Å². The van der Waals surface area contributed by atoms with Gasteiger partial charge in [0.05, 0.1) is 18.1 Å². The average Bonchev–Trinajstić information content (AvgIpc) is 3.10. The number of anilines is 1. The molecular weight excluding hydrogens is 414 g/mol. The Morgan fingerprint density at radius 2 is 1.87 bits per heavy atom. The Morgan fingerprint density at radius 3 is 2.55 bits per heavy atom. The van der Waals surface area contributed by atoms with E-state index in [2.05, 4.69) is 9.62 Å². The second-order valence-corrected chi connectivity index (χ2v) is 9.93. The second kappa shape index (κ2) is 9.08. The molecule has 2 aliphatic heterocycles. The molecule has 166 valence electrons. The molecule has 2 aromatic rings. The van der Waals surface area contributed by atoms with Gasteiger partial charge in [-0.1, -0.05) is 30.3 Å². The van der Waals surface area contributed by atoms with Crippen molar-refractivity contribution < 1.29 is 17.9 Å². The van der Waals surface area contributed by atoms with Crippen LogP contribution in [-0.4, -0.2) is 58.1 Å². The van der Waals surface area contributed by atoms with Crippen molar-refractivity contribution in [1.82, 2.24) is 9.62 Å². The largest absolute Gasteiger partial charge is 0.379 e. The highest BCUT2D eigenvalue weighted by Crippen LogP contribution is 2.34. The summed E-state index contributed by atoms with van der Waals surface area (Å²) in [4.78, 5) is 16.2. The van der Waals surface area contributed by atoms with E-state index in [9.17, 15) is 13.2 Å². The number of ether oxygens (including phenoxy) is 1. The smallest absolute Gasteiger partial charge is 0.240 e. The van der Waals surface area contributed by atoms with Crippen LogP contribution >= 0.6 is 0 Å². The Morgan fingerprint density at radius 1 is 1.16 bits per heavy atom. The van der Waals surface area contributed by atoms with Crippen LogP contribution in [0.2, 0.25) is 0 Å². The maximum atomic E-state index is 13.1. The maximum Gasteiger partial charge on any atom is 0.240 e. The van der Waals surface area contributed by atoms with E-state index in [1.54, 1.807) is 23.1 Å². The monoisotopic (exact) mass is 443 g/mol. The first-order valence-corrected chi connectivity index (χ1v) is 12.1. The van der Waals surface area contributed by atoms with Crippen LogP contribution in [0.25, 0.3) is 0 Å². The first-order valence-electron chi connectivity index (χ1n) is 10.7. The van der Waals surface area contributed by atoms with E-state index < -0.39 is 10.0 Å². The second-order valence-electron chi connectivity index (χ2n) is 8.16. The zero-order valence-corrected chi connectivity index (χ0v) is 18.8. The Labute approximate surface area is 184 Å². The topological polar surface area (TPSA) is 79.0 Å². The highest BCUT2D eigenvalue weighted by Gasteiger charge is 2.31. The molecule has 0 saturated carbocycles. The van der Waals surface area contributed by atoms with Crippen LogP contribution in [0.5, 0.6) is 0 Å². The normalized spacial score (nSPS) is 20.5. The molecular formula is C23H29N3O4S. The predicted molar refractivity (Wildman–Crippen MR) is 120 cm³/mol. The van der Waals surface area contributed by atoms with Crippen molar-refractivity contribution in [2.75, 3.05) is 37.7 Å². The summed E-state index contributed by atoms with van der Waals surface area (Å²) in [6, 6.07) is 14.9. The first-order chi connectivity index (χ1) is 14.9. The van der Waals surface area contributed by atoms with Crippen LogP contribution < -0.4 is 9.62 Å². The van der Waals surface area contributed by atoms with Crippen LogP contribution in [0.15, 0.2) is 53.4 Å². The van der Waals surface area contributed by atoms with Gasteiger partial charge in [0.1, 0.15) is 0 Å². The van der Waals surface area contributed by atoms with E-state index in [0.717, 1.165) is 29.9 Å². The predicted octanol–water partition coefficient (Wildman–Crippen LogP) is 2.34. The van der Waals surface area contributed by atoms with E-state index in [-0.39, 0.29) is 29.4 Å². The van der Waals surface area contributed by atoms with Gasteiger partial charge in [0.25, 0.3) is 0 Å². The molecule has 2 aliphatic rings. The van der Waals surface area contributed by atoms with Gasteiger partial charge < -0.3 is 9.64 Å². The Hall–Kier alpha value is -2.26. The van der Waals surface area contributed by atoms with Crippen molar-refractivity contribution >= 4 is 21.6 Å². The highest BCUT2D eigenvalue weighted by atomic mass is 32.2. The summed E-state index contributed by atoms with van der Waals surface area (Å²) < 4.78 is 34.5. The fourth-order valence-electron chi connectivity index (χ4n) is 4.55. The molecule has 1 N–H and O–H groups in total. The van der Waals surface area contributed by atoms with Gasteiger partial charge in [-0.05, 0) is 42.7 Å². The fraction of sp³-hybridized carbons (Fsp3) is 0.435. The molecule has 0 aromatic heterocycles. The van der Waals surface area contributed by atoms with Crippen molar-refractivity contribution in [2.45, 2.75) is 37.2 Å². The number of carbonyl (C=O) groups excluding carboxylic acids is 1. The Bertz CT molecular complexity index is 1040. The Balaban J connectivity index is 1.54. The maximum absolute atomic E-state index is 13.1. The van der Waals surface area contributed by atoms with E-state index in [1.165, 1.54) is 6.92 Å². The van der Waals surface area contributed by atoms with Crippen molar-refractivity contribution in [3.05, 3.63) is 59.7 Å². The number of carbonyl (C=O) groups is 1. The third-order valence-electron chi connectivity index (χ3n) is 6.05. The number of benzene rings is 2. The molecule has 0 spiro atoms. The third-order valence-corrected chi connectivity index (χ3v) is 7.47. The molecule has 2 heterocycles. The van der Waals surface area contributed by atoms with Gasteiger partial charge in [0.2, 0.25) is 15.9 Å². The quantitative estimate of drug-likeness (QED) is 0.741. The zero-order valence-electron chi connectivity index (χ0n) is 18.0. The van der Waals surface area contributed by atoms with E-state index >= 15 is 0 Å². The molecule has 2 aromatic carbocycles. The summed E-state index contributed by atoms with van der Waals surface area (Å²) in [6.45, 7) is 6.60. The number of nitrogens with zero attached hydrogens (tertiary/aromatic N) is 2. The van der Waals surface area contributed by atoms with Crippen LogP contribution in [0.1, 0.15) is 31.0 Å². The number of morpholine rings is 1. The van der Waals surface area contributed by atoms with Gasteiger partial charge in [-0.15, -0.1) is 0 Å². The van der Waals surface area contributed by atoms with Gasteiger partial charge in [-0.25, -0.2) is 13.1 Å². The molecule has 31 heavy (non-hydrogen) atoms. The lowest BCUT2D eigenvalue weighted by Gasteiger charge is -2.34. The summed E-state index contributed by atoms with van der Waals surface area (Å²) in [7, 11) is -3.69. The summed E-state index contributed by atoms with van der Waals surface area (Å²) >= 11 is 0. The lowest BCUT2D eigenvalue weighted by Crippen LogP contribution is -2.43. The molecule has 4 rings (SSSR count). The molecule has 0 unspecified atom stereocenters. The minimum Gasteiger partial charge on any atom is -0.379 e. The first kappa shape index (κ1) is 22.0. The van der Waals surface area contributed by atoms with E-state index in [4.69, 9.17) is 4.74 Å². The number of fused-ring (bicyclic) bond motifs is 1. The number of amides is 1. The lowest BCUT2D eigenvalue weighted by molar-refractivity contribution is -0.116. The number of nitrogens with one attached hydrogen (secondary N) is 1. The minimum absolute atomic E-state index is 0.0298. The molecule has 1 amide bonds. The molecule has 8 heteroatoms. The van der Waals surface area contributed by atoms with Gasteiger partial charge in [0.15, 0.2) is 0 Å². The van der Waals surface area contributed by atoms with Crippen molar-refractivity contribution in [3.63, 3.8) is 0 Å². The van der Waals surface area contributed by atoms with Crippen LogP contribution in [0, 0.1) is 0 Å². The fourth-order valence-corrected chi connectivity index (χ4v) is 5.64. The van der Waals surface area contributed by atoms with Gasteiger partial charge in [-0.3, -0.25) is 9.69 Å². The van der Waals surface area contributed by atoms with Crippen LogP contribution in [-0.2, 0) is 26.0 Å². The third kappa shape index (κ3) is 4.67. The summed E-state index contributed by atoms with van der Waals surface area (Å²) in [5, 5.41) is 0. The van der Waals surface area contributed by atoms with Crippen molar-refractivity contribution in [3.8, 4) is 0 Å². The average molecular weight is 444 g/mol. The summed E-state index contributed by atoms with van der Waals surface area (Å²) in [5.74, 6) is -0.0313. The molecule has 0 aliphatic carbocycles. The summed E-state index contributed by atoms with van der Waals surface area (Å²) in [6.07, 6.45) is 0.651.